The lowest BCUT2D eigenvalue weighted by Gasteiger charge is -2.07. The number of hydrogen-bond donors (Lipinski definition) is 2. The van der Waals surface area contributed by atoms with Crippen molar-refractivity contribution >= 4 is 5.97 Å². The maximum atomic E-state index is 10.3. The number of unbranched alkanes of at least 4 members (excludes halogenated alkanes) is 7. The van der Waals surface area contributed by atoms with Gasteiger partial charge in [-0.3, -0.25) is 4.79 Å². The van der Waals surface area contributed by atoms with E-state index in [-0.39, 0.29) is 12.5 Å². The van der Waals surface area contributed by atoms with Crippen LogP contribution in [0.2, 0.25) is 0 Å². The minimum absolute atomic E-state index is 0.191. The summed E-state index contributed by atoms with van der Waals surface area (Å²) in [6.45, 7) is 2.21. The molecule has 0 aliphatic carbocycles. The number of hydrogen-bond acceptors (Lipinski definition) is 2. The van der Waals surface area contributed by atoms with Crippen LogP contribution in [0.5, 0.6) is 0 Å². The van der Waals surface area contributed by atoms with Gasteiger partial charge in [0.15, 0.2) is 0 Å². The zero-order chi connectivity index (χ0) is 17.2. The van der Waals surface area contributed by atoms with Gasteiger partial charge in [0, 0.05) is 6.42 Å². The maximum absolute atomic E-state index is 10.3. The van der Waals surface area contributed by atoms with Crippen LogP contribution in [0, 0.1) is 0 Å². The van der Waals surface area contributed by atoms with Crippen molar-refractivity contribution in [3.63, 3.8) is 0 Å². The smallest absolute Gasteiger partial charge is 0.303 e. The van der Waals surface area contributed by atoms with Gasteiger partial charge in [-0.1, -0.05) is 56.9 Å². The van der Waals surface area contributed by atoms with Crippen LogP contribution >= 0.6 is 0 Å². The highest BCUT2D eigenvalue weighted by Gasteiger charge is 2.00. The van der Waals surface area contributed by atoms with Gasteiger partial charge in [-0.2, -0.15) is 0 Å². The first kappa shape index (κ1) is 21.9. The Balaban J connectivity index is 3.33. The molecule has 0 radical (unpaired) electrons. The molecule has 0 fully saturated rings. The predicted octanol–water partition coefficient (Wildman–Crippen LogP) is 5.64. The van der Waals surface area contributed by atoms with Gasteiger partial charge in [-0.05, 0) is 51.4 Å². The molecule has 1 atom stereocenters. The van der Waals surface area contributed by atoms with E-state index in [0.29, 0.717) is 0 Å². The average Bonchev–Trinajstić information content (AvgIpc) is 2.52. The summed E-state index contributed by atoms with van der Waals surface area (Å²) in [5, 5.41) is 18.4. The number of carbonyl (C=O) groups is 1. The van der Waals surface area contributed by atoms with Gasteiger partial charge in [0.05, 0.1) is 6.10 Å². The molecule has 0 aromatic heterocycles. The van der Waals surface area contributed by atoms with Crippen molar-refractivity contribution < 1.29 is 15.0 Å². The van der Waals surface area contributed by atoms with E-state index < -0.39 is 5.97 Å². The van der Waals surface area contributed by atoms with Crippen LogP contribution in [0.15, 0.2) is 24.3 Å². The first-order chi connectivity index (χ1) is 11.2. The van der Waals surface area contributed by atoms with E-state index in [4.69, 9.17) is 5.11 Å². The molecule has 23 heavy (non-hydrogen) atoms. The lowest BCUT2D eigenvalue weighted by atomic mass is 10.1. The highest BCUT2D eigenvalue weighted by atomic mass is 16.4. The third kappa shape index (κ3) is 18.9. The Morgan fingerprint density at radius 2 is 1.48 bits per heavy atom. The van der Waals surface area contributed by atoms with Crippen LogP contribution in [0.25, 0.3) is 0 Å². The zero-order valence-corrected chi connectivity index (χ0v) is 14.9. The molecule has 0 aliphatic rings. The number of aliphatic hydroxyl groups excluding tert-OH is 1. The average molecular weight is 325 g/mol. The fourth-order valence-corrected chi connectivity index (χ4v) is 2.43. The summed E-state index contributed by atoms with van der Waals surface area (Å²) in [5.74, 6) is -0.715. The molecular weight excluding hydrogens is 288 g/mol. The minimum Gasteiger partial charge on any atom is -0.481 e. The maximum Gasteiger partial charge on any atom is 0.303 e. The Labute approximate surface area is 142 Å². The van der Waals surface area contributed by atoms with Gasteiger partial charge < -0.3 is 10.2 Å². The lowest BCUT2D eigenvalue weighted by molar-refractivity contribution is -0.137. The van der Waals surface area contributed by atoms with Crippen molar-refractivity contribution in [2.24, 2.45) is 0 Å². The largest absolute Gasteiger partial charge is 0.481 e. The molecule has 0 saturated carbocycles. The van der Waals surface area contributed by atoms with Crippen LogP contribution in [-0.2, 0) is 4.79 Å². The van der Waals surface area contributed by atoms with Crippen molar-refractivity contribution in [1.29, 1.82) is 0 Å². The number of allylic oxidation sites excluding steroid dienone is 3. The van der Waals surface area contributed by atoms with Gasteiger partial charge >= 0.3 is 5.97 Å². The fraction of sp³-hybridized carbons (Fsp3) is 0.750. The second kappa shape index (κ2) is 17.3. The quantitative estimate of drug-likeness (QED) is 0.285. The number of aliphatic carboxylic acids is 1. The zero-order valence-electron chi connectivity index (χ0n) is 14.9. The highest BCUT2D eigenvalue weighted by molar-refractivity contribution is 5.66. The molecule has 0 aromatic carbocycles. The van der Waals surface area contributed by atoms with E-state index in [1.807, 2.05) is 0 Å². The van der Waals surface area contributed by atoms with Crippen LogP contribution in [0.4, 0.5) is 0 Å². The summed E-state index contributed by atoms with van der Waals surface area (Å²) in [6, 6.07) is 0. The number of carboxylic acids is 1. The van der Waals surface area contributed by atoms with Gasteiger partial charge in [-0.25, -0.2) is 0 Å². The van der Waals surface area contributed by atoms with Gasteiger partial charge in [-0.15, -0.1) is 0 Å². The molecule has 0 aliphatic heterocycles. The van der Waals surface area contributed by atoms with Gasteiger partial charge in [0.25, 0.3) is 0 Å². The Morgan fingerprint density at radius 3 is 2.13 bits per heavy atom. The van der Waals surface area contributed by atoms with Gasteiger partial charge in [0.1, 0.15) is 0 Å². The van der Waals surface area contributed by atoms with E-state index in [0.717, 1.165) is 57.8 Å². The summed E-state index contributed by atoms with van der Waals surface area (Å²) >= 11 is 0. The molecule has 0 unspecified atom stereocenters. The molecule has 3 heteroatoms. The van der Waals surface area contributed by atoms with Crippen LogP contribution in [0.1, 0.15) is 90.4 Å². The fourth-order valence-electron chi connectivity index (χ4n) is 2.43. The van der Waals surface area contributed by atoms with Crippen molar-refractivity contribution in [2.75, 3.05) is 0 Å². The molecule has 3 nitrogen and oxygen atoms in total. The molecule has 0 rings (SSSR count). The standard InChI is InChI=1S/C20H36O3/c1-2-3-4-5-10-13-16-19(21)17-14-11-8-6-7-9-12-15-18-20(22)23/h7,9-10,13,19,21H,2-6,8,11-12,14-18H2,1H3,(H,22,23)/b9-7-,13-10-/t19-/m0/s1. The molecule has 0 aromatic rings. The van der Waals surface area contributed by atoms with Crippen molar-refractivity contribution in [1.82, 2.24) is 0 Å². The van der Waals surface area contributed by atoms with Crippen LogP contribution in [0.3, 0.4) is 0 Å². The van der Waals surface area contributed by atoms with E-state index in [9.17, 15) is 9.90 Å². The minimum atomic E-state index is -0.715. The van der Waals surface area contributed by atoms with Crippen LogP contribution in [-0.4, -0.2) is 22.3 Å². The van der Waals surface area contributed by atoms with E-state index in [1.54, 1.807) is 0 Å². The van der Waals surface area contributed by atoms with Crippen LogP contribution < -0.4 is 0 Å². The summed E-state index contributed by atoms with van der Waals surface area (Å²) in [4.78, 5) is 10.3. The Kier molecular flexibility index (Phi) is 16.4. The summed E-state index contributed by atoms with van der Waals surface area (Å²) < 4.78 is 0. The van der Waals surface area contributed by atoms with Gasteiger partial charge in [0.2, 0.25) is 0 Å². The second-order valence-electron chi connectivity index (χ2n) is 6.25. The molecular formula is C20H36O3. The summed E-state index contributed by atoms with van der Waals surface area (Å²) in [6.07, 6.45) is 21.3. The Morgan fingerprint density at radius 1 is 0.870 bits per heavy atom. The SMILES string of the molecule is CCCCC/C=C\C[C@H](O)CCCCC/C=C\CCCC(=O)O. The van der Waals surface area contributed by atoms with E-state index >= 15 is 0 Å². The summed E-state index contributed by atoms with van der Waals surface area (Å²) in [5.41, 5.74) is 0. The Hall–Kier alpha value is -1.09. The molecule has 0 amide bonds. The molecule has 0 bridgehead atoms. The molecule has 2 N–H and O–H groups in total. The third-order valence-corrected chi connectivity index (χ3v) is 3.89. The Bertz CT molecular complexity index is 321. The highest BCUT2D eigenvalue weighted by Crippen LogP contribution is 2.10. The van der Waals surface area contributed by atoms with E-state index in [2.05, 4.69) is 31.2 Å². The predicted molar refractivity (Wildman–Crippen MR) is 97.6 cm³/mol. The molecule has 0 spiro atoms. The van der Waals surface area contributed by atoms with Crippen molar-refractivity contribution in [2.45, 2.75) is 96.5 Å². The monoisotopic (exact) mass is 324 g/mol. The normalized spacial score (nSPS) is 13.1. The molecule has 134 valence electrons. The summed E-state index contributed by atoms with van der Waals surface area (Å²) in [7, 11) is 0. The molecule has 0 heterocycles. The topological polar surface area (TPSA) is 57.5 Å². The number of carboxylic acid groups (broad SMARTS) is 1. The van der Waals surface area contributed by atoms with Crippen molar-refractivity contribution in [3.05, 3.63) is 24.3 Å². The second-order valence-corrected chi connectivity index (χ2v) is 6.25. The molecule has 0 saturated heterocycles. The third-order valence-electron chi connectivity index (χ3n) is 3.89. The number of aliphatic hydroxyl groups is 1. The number of rotatable bonds is 16. The lowest BCUT2D eigenvalue weighted by Crippen LogP contribution is -2.04. The first-order valence-corrected chi connectivity index (χ1v) is 9.36. The van der Waals surface area contributed by atoms with Crippen molar-refractivity contribution in [3.8, 4) is 0 Å². The van der Waals surface area contributed by atoms with E-state index in [1.165, 1.54) is 19.3 Å². The first-order valence-electron chi connectivity index (χ1n) is 9.36.